The first-order valence-corrected chi connectivity index (χ1v) is 7.48. The molecule has 1 aliphatic heterocycles. The molecule has 2 heterocycles. The molecule has 0 bridgehead atoms. The van der Waals surface area contributed by atoms with Gasteiger partial charge >= 0.3 is 0 Å². The van der Waals surface area contributed by atoms with Crippen LogP contribution >= 0.6 is 0 Å². The SMILES string of the molecule is Cc1ccncc1C(CN)N1CCC(C(C)C)CC1. The van der Waals surface area contributed by atoms with Crippen LogP contribution in [0, 0.1) is 18.8 Å². The molecule has 0 aliphatic carbocycles. The minimum Gasteiger partial charge on any atom is -0.329 e. The highest BCUT2D eigenvalue weighted by Gasteiger charge is 2.27. The van der Waals surface area contributed by atoms with E-state index >= 15 is 0 Å². The van der Waals surface area contributed by atoms with Gasteiger partial charge in [0.1, 0.15) is 0 Å². The van der Waals surface area contributed by atoms with Crippen LogP contribution < -0.4 is 5.73 Å². The molecule has 1 fully saturated rings. The molecule has 106 valence electrons. The van der Waals surface area contributed by atoms with E-state index in [0.29, 0.717) is 12.6 Å². The third kappa shape index (κ3) is 3.34. The number of aromatic nitrogens is 1. The summed E-state index contributed by atoms with van der Waals surface area (Å²) >= 11 is 0. The van der Waals surface area contributed by atoms with Gasteiger partial charge in [-0.3, -0.25) is 9.88 Å². The van der Waals surface area contributed by atoms with Gasteiger partial charge in [-0.05, 0) is 61.9 Å². The second kappa shape index (κ2) is 6.49. The van der Waals surface area contributed by atoms with Crippen LogP contribution in [-0.4, -0.2) is 29.5 Å². The largest absolute Gasteiger partial charge is 0.329 e. The van der Waals surface area contributed by atoms with Gasteiger partial charge in [-0.1, -0.05) is 13.8 Å². The summed E-state index contributed by atoms with van der Waals surface area (Å²) in [5, 5.41) is 0. The van der Waals surface area contributed by atoms with E-state index < -0.39 is 0 Å². The molecule has 3 nitrogen and oxygen atoms in total. The zero-order chi connectivity index (χ0) is 13.8. The number of likely N-dealkylation sites (tertiary alicyclic amines) is 1. The van der Waals surface area contributed by atoms with Crippen molar-refractivity contribution in [3.63, 3.8) is 0 Å². The van der Waals surface area contributed by atoms with E-state index in [0.717, 1.165) is 11.8 Å². The van der Waals surface area contributed by atoms with E-state index in [4.69, 9.17) is 5.73 Å². The smallest absolute Gasteiger partial charge is 0.0488 e. The van der Waals surface area contributed by atoms with E-state index in [1.807, 2.05) is 12.4 Å². The molecule has 1 aromatic heterocycles. The van der Waals surface area contributed by atoms with Crippen LogP contribution in [0.25, 0.3) is 0 Å². The molecule has 1 atom stereocenters. The lowest BCUT2D eigenvalue weighted by Crippen LogP contribution is -2.41. The monoisotopic (exact) mass is 261 g/mol. The highest BCUT2D eigenvalue weighted by molar-refractivity contribution is 5.25. The highest BCUT2D eigenvalue weighted by atomic mass is 15.2. The van der Waals surface area contributed by atoms with Crippen LogP contribution in [0.3, 0.4) is 0 Å². The summed E-state index contributed by atoms with van der Waals surface area (Å²) in [6.07, 6.45) is 6.44. The second-order valence-corrected chi connectivity index (χ2v) is 6.10. The quantitative estimate of drug-likeness (QED) is 0.906. The third-order valence-electron chi connectivity index (χ3n) is 4.62. The van der Waals surface area contributed by atoms with Crippen molar-refractivity contribution in [2.75, 3.05) is 19.6 Å². The average molecular weight is 261 g/mol. The lowest BCUT2D eigenvalue weighted by atomic mass is 9.85. The molecule has 0 spiro atoms. The molecule has 0 radical (unpaired) electrons. The Morgan fingerprint density at radius 3 is 2.58 bits per heavy atom. The second-order valence-electron chi connectivity index (χ2n) is 6.10. The fourth-order valence-electron chi connectivity index (χ4n) is 3.20. The molecule has 1 unspecified atom stereocenters. The standard InChI is InChI=1S/C16H27N3/c1-12(2)14-5-8-19(9-6-14)16(10-17)15-11-18-7-4-13(15)3/h4,7,11-12,14,16H,5-6,8-10,17H2,1-3H3. The third-order valence-corrected chi connectivity index (χ3v) is 4.62. The Balaban J connectivity index is 2.06. The van der Waals surface area contributed by atoms with Crippen molar-refractivity contribution in [3.8, 4) is 0 Å². The number of aryl methyl sites for hydroxylation is 1. The average Bonchev–Trinajstić information content (AvgIpc) is 2.42. The van der Waals surface area contributed by atoms with Crippen molar-refractivity contribution < 1.29 is 0 Å². The highest BCUT2D eigenvalue weighted by Crippen LogP contribution is 2.30. The maximum absolute atomic E-state index is 6.03. The minimum absolute atomic E-state index is 0.335. The Bertz CT molecular complexity index is 395. The summed E-state index contributed by atoms with van der Waals surface area (Å²) < 4.78 is 0. The van der Waals surface area contributed by atoms with Crippen molar-refractivity contribution in [2.45, 2.75) is 39.7 Å². The molecular weight excluding hydrogens is 234 g/mol. The van der Waals surface area contributed by atoms with E-state index in [-0.39, 0.29) is 0 Å². The molecule has 19 heavy (non-hydrogen) atoms. The normalized spacial score (nSPS) is 19.8. The number of nitrogens with two attached hydrogens (primary N) is 1. The zero-order valence-electron chi connectivity index (χ0n) is 12.5. The number of hydrogen-bond acceptors (Lipinski definition) is 3. The van der Waals surface area contributed by atoms with Gasteiger partial charge in [0.2, 0.25) is 0 Å². The van der Waals surface area contributed by atoms with E-state index in [9.17, 15) is 0 Å². The Hall–Kier alpha value is -0.930. The molecule has 0 amide bonds. The van der Waals surface area contributed by atoms with Crippen LogP contribution in [0.5, 0.6) is 0 Å². The first-order valence-electron chi connectivity index (χ1n) is 7.48. The van der Waals surface area contributed by atoms with Crippen molar-refractivity contribution in [1.82, 2.24) is 9.88 Å². The van der Waals surface area contributed by atoms with Gasteiger partial charge in [-0.2, -0.15) is 0 Å². The molecule has 1 saturated heterocycles. The van der Waals surface area contributed by atoms with Gasteiger partial charge in [0.05, 0.1) is 0 Å². The number of hydrogen-bond donors (Lipinski definition) is 1. The molecule has 0 saturated carbocycles. The van der Waals surface area contributed by atoms with Gasteiger partial charge in [0.25, 0.3) is 0 Å². The van der Waals surface area contributed by atoms with Gasteiger partial charge in [-0.25, -0.2) is 0 Å². The molecule has 1 aliphatic rings. The van der Waals surface area contributed by atoms with Crippen LogP contribution in [-0.2, 0) is 0 Å². The summed E-state index contributed by atoms with van der Waals surface area (Å²) in [7, 11) is 0. The van der Waals surface area contributed by atoms with Crippen LogP contribution in [0.1, 0.15) is 43.9 Å². The van der Waals surface area contributed by atoms with Crippen molar-refractivity contribution in [2.24, 2.45) is 17.6 Å². The lowest BCUT2D eigenvalue weighted by molar-refractivity contribution is 0.117. The van der Waals surface area contributed by atoms with Crippen molar-refractivity contribution >= 4 is 0 Å². The zero-order valence-corrected chi connectivity index (χ0v) is 12.5. The molecule has 2 N–H and O–H groups in total. The summed E-state index contributed by atoms with van der Waals surface area (Å²) in [6, 6.07) is 2.42. The number of nitrogens with zero attached hydrogens (tertiary/aromatic N) is 2. The molecule has 1 aromatic rings. The van der Waals surface area contributed by atoms with E-state index in [2.05, 4.69) is 36.7 Å². The summed E-state index contributed by atoms with van der Waals surface area (Å²) in [5.41, 5.74) is 8.63. The van der Waals surface area contributed by atoms with Gasteiger partial charge in [0.15, 0.2) is 0 Å². The maximum Gasteiger partial charge on any atom is 0.0488 e. The first-order chi connectivity index (χ1) is 9.13. The topological polar surface area (TPSA) is 42.1 Å². The Kier molecular flexibility index (Phi) is 4.94. The fourth-order valence-corrected chi connectivity index (χ4v) is 3.20. The maximum atomic E-state index is 6.03. The fraction of sp³-hybridized carbons (Fsp3) is 0.688. The molecule has 2 rings (SSSR count). The first kappa shape index (κ1) is 14.5. The van der Waals surface area contributed by atoms with Crippen LogP contribution in [0.2, 0.25) is 0 Å². The van der Waals surface area contributed by atoms with Crippen molar-refractivity contribution in [1.29, 1.82) is 0 Å². The van der Waals surface area contributed by atoms with Gasteiger partial charge in [-0.15, -0.1) is 0 Å². The van der Waals surface area contributed by atoms with Gasteiger partial charge in [0, 0.05) is 25.0 Å². The van der Waals surface area contributed by atoms with Crippen molar-refractivity contribution in [3.05, 3.63) is 29.6 Å². The van der Waals surface area contributed by atoms with E-state index in [1.54, 1.807) is 0 Å². The summed E-state index contributed by atoms with van der Waals surface area (Å²) in [4.78, 5) is 6.81. The summed E-state index contributed by atoms with van der Waals surface area (Å²) in [6.45, 7) is 9.84. The Labute approximate surface area is 117 Å². The molecular formula is C16H27N3. The van der Waals surface area contributed by atoms with Crippen LogP contribution in [0.15, 0.2) is 18.5 Å². The number of pyridine rings is 1. The number of piperidine rings is 1. The molecule has 0 aromatic carbocycles. The van der Waals surface area contributed by atoms with E-state index in [1.165, 1.54) is 37.1 Å². The van der Waals surface area contributed by atoms with Crippen LogP contribution in [0.4, 0.5) is 0 Å². The Morgan fingerprint density at radius 1 is 1.37 bits per heavy atom. The number of rotatable bonds is 4. The summed E-state index contributed by atoms with van der Waals surface area (Å²) in [5.74, 6) is 1.68. The predicted molar refractivity (Wildman–Crippen MR) is 79.9 cm³/mol. The predicted octanol–water partition coefficient (Wildman–Crippen LogP) is 2.76. The van der Waals surface area contributed by atoms with Gasteiger partial charge < -0.3 is 5.73 Å². The Morgan fingerprint density at radius 2 is 2.05 bits per heavy atom. The molecule has 3 heteroatoms. The minimum atomic E-state index is 0.335. The lowest BCUT2D eigenvalue weighted by Gasteiger charge is -2.38.